The molecular formula is C38H42FN7O4. The van der Waals surface area contributed by atoms with Crippen molar-refractivity contribution in [3.8, 4) is 16.8 Å². The number of piperazine rings is 1. The first-order valence-corrected chi connectivity index (χ1v) is 17.4. The van der Waals surface area contributed by atoms with Crippen LogP contribution in [0.15, 0.2) is 70.8 Å². The number of aliphatic hydroxyl groups is 1. The van der Waals surface area contributed by atoms with Crippen molar-refractivity contribution in [2.45, 2.75) is 64.3 Å². The van der Waals surface area contributed by atoms with Gasteiger partial charge in [0.15, 0.2) is 0 Å². The maximum atomic E-state index is 15.4. The molecule has 50 heavy (non-hydrogen) atoms. The molecule has 0 spiro atoms. The molecule has 12 heteroatoms. The van der Waals surface area contributed by atoms with E-state index in [0.29, 0.717) is 46.2 Å². The Kier molecular flexibility index (Phi) is 8.32. The van der Waals surface area contributed by atoms with Crippen molar-refractivity contribution in [3.63, 3.8) is 0 Å². The van der Waals surface area contributed by atoms with Gasteiger partial charge in [0.2, 0.25) is 0 Å². The zero-order valence-corrected chi connectivity index (χ0v) is 28.6. The van der Waals surface area contributed by atoms with Crippen LogP contribution in [0.2, 0.25) is 0 Å². The Balaban J connectivity index is 1.10. The van der Waals surface area contributed by atoms with Crippen LogP contribution in [0.4, 0.5) is 21.6 Å². The van der Waals surface area contributed by atoms with Gasteiger partial charge in [-0.2, -0.15) is 0 Å². The monoisotopic (exact) mass is 679 g/mol. The van der Waals surface area contributed by atoms with Gasteiger partial charge in [0.1, 0.15) is 22.8 Å². The molecule has 2 aliphatic heterocycles. The number of rotatable bonds is 7. The first kappa shape index (κ1) is 32.4. The fraction of sp³-hybridized carbons (Fsp3) is 0.395. The van der Waals surface area contributed by atoms with Crippen LogP contribution < -0.4 is 21.3 Å². The van der Waals surface area contributed by atoms with Crippen molar-refractivity contribution in [1.29, 1.82) is 0 Å². The molecule has 2 saturated heterocycles. The van der Waals surface area contributed by atoms with E-state index < -0.39 is 12.4 Å². The van der Waals surface area contributed by atoms with Crippen LogP contribution in [-0.2, 0) is 31.2 Å². The lowest BCUT2D eigenvalue weighted by atomic mass is 9.98. The summed E-state index contributed by atoms with van der Waals surface area (Å²) in [6.07, 6.45) is 10.9. The van der Waals surface area contributed by atoms with E-state index in [1.165, 1.54) is 26.8 Å². The van der Waals surface area contributed by atoms with E-state index >= 15 is 4.39 Å². The number of hydrogen-bond donors (Lipinski definition) is 2. The SMILES string of the molecule is CC1CN(C2COC2)C(C)CN1c1ccc(Nc2cc(-c3cc(F)cc(-n4ccn5c6c(cc5c4=O)CCCC6)c3CO)cn(C)c2=O)nc1. The number of pyridine rings is 2. The third-order valence-electron chi connectivity index (χ3n) is 10.7. The lowest BCUT2D eigenvalue weighted by Crippen LogP contribution is -2.63. The highest BCUT2D eigenvalue weighted by atomic mass is 19.1. The predicted octanol–water partition coefficient (Wildman–Crippen LogP) is 4.40. The number of aliphatic hydroxyl groups excluding tert-OH is 1. The molecule has 6 heterocycles. The van der Waals surface area contributed by atoms with Gasteiger partial charge >= 0.3 is 0 Å². The molecular weight excluding hydrogens is 637 g/mol. The standard InChI is InChI=1S/C38H42FN7O4/c1-23-18-46(29-21-50-22-29)24(2)17-45(23)28-8-9-36(40-16-28)41-32-12-26(19-42(3)37(32)48)30-14-27(39)15-34(31(30)20-47)44-11-10-43-33-7-5-4-6-25(33)13-35(43)38(44)49/h8-16,19,23-24,29,47H,4-7,17-18,20-22H2,1-3H3,(H,40,41). The molecule has 3 aliphatic rings. The van der Waals surface area contributed by atoms with Gasteiger partial charge in [0, 0.05) is 67.6 Å². The largest absolute Gasteiger partial charge is 0.392 e. The minimum absolute atomic E-state index is 0.246. The van der Waals surface area contributed by atoms with Gasteiger partial charge in [-0.25, -0.2) is 9.37 Å². The summed E-state index contributed by atoms with van der Waals surface area (Å²) in [4.78, 5) is 36.7. The van der Waals surface area contributed by atoms with Gasteiger partial charge < -0.3 is 29.0 Å². The molecule has 5 aromatic rings. The number of aromatic nitrogens is 4. The van der Waals surface area contributed by atoms with E-state index in [1.54, 1.807) is 25.5 Å². The third kappa shape index (κ3) is 5.61. The Morgan fingerprint density at radius 2 is 1.82 bits per heavy atom. The second-order valence-corrected chi connectivity index (χ2v) is 14.0. The summed E-state index contributed by atoms with van der Waals surface area (Å²) in [6.45, 7) is 7.45. The molecule has 0 bridgehead atoms. The van der Waals surface area contributed by atoms with Crippen LogP contribution >= 0.6 is 0 Å². The van der Waals surface area contributed by atoms with Crippen molar-refractivity contribution in [1.82, 2.24) is 23.4 Å². The Morgan fingerprint density at radius 3 is 2.56 bits per heavy atom. The van der Waals surface area contributed by atoms with Crippen LogP contribution in [0.3, 0.4) is 0 Å². The van der Waals surface area contributed by atoms with Gasteiger partial charge in [0.05, 0.1) is 43.4 Å². The number of halogens is 1. The van der Waals surface area contributed by atoms with E-state index in [4.69, 9.17) is 4.74 Å². The summed E-state index contributed by atoms with van der Waals surface area (Å²) in [6, 6.07) is 11.2. The van der Waals surface area contributed by atoms with Crippen molar-refractivity contribution >= 4 is 22.7 Å². The molecule has 2 N–H and O–H groups in total. The topological polar surface area (TPSA) is 109 Å². The second kappa shape index (κ2) is 12.8. The highest BCUT2D eigenvalue weighted by Crippen LogP contribution is 2.32. The number of ether oxygens (including phenoxy) is 1. The van der Waals surface area contributed by atoms with Gasteiger partial charge in [0.25, 0.3) is 11.1 Å². The first-order valence-electron chi connectivity index (χ1n) is 17.4. The molecule has 0 saturated carbocycles. The predicted molar refractivity (Wildman–Crippen MR) is 191 cm³/mol. The molecule has 8 rings (SSSR count). The number of aryl methyl sites for hydroxylation is 3. The molecule has 1 aliphatic carbocycles. The summed E-state index contributed by atoms with van der Waals surface area (Å²) in [5.41, 5.74) is 5.02. The Hall–Kier alpha value is -4.78. The molecule has 11 nitrogen and oxygen atoms in total. The number of nitrogens with one attached hydrogen (secondary N) is 1. The summed E-state index contributed by atoms with van der Waals surface area (Å²) >= 11 is 0. The number of anilines is 3. The number of benzene rings is 1. The van der Waals surface area contributed by atoms with E-state index in [1.807, 2.05) is 35.0 Å². The summed E-state index contributed by atoms with van der Waals surface area (Å²) in [5, 5.41) is 13.8. The second-order valence-electron chi connectivity index (χ2n) is 14.0. The Morgan fingerprint density at radius 1 is 1.00 bits per heavy atom. The van der Waals surface area contributed by atoms with Crippen LogP contribution in [0.25, 0.3) is 22.3 Å². The molecule has 4 aromatic heterocycles. The molecule has 2 unspecified atom stereocenters. The zero-order chi connectivity index (χ0) is 34.7. The van der Waals surface area contributed by atoms with Crippen molar-refractivity contribution in [2.75, 3.05) is 36.5 Å². The number of nitrogens with zero attached hydrogens (tertiary/aromatic N) is 6. The zero-order valence-electron chi connectivity index (χ0n) is 28.6. The summed E-state index contributed by atoms with van der Waals surface area (Å²) < 4.78 is 25.6. The van der Waals surface area contributed by atoms with Crippen molar-refractivity contribution in [2.24, 2.45) is 7.05 Å². The fourth-order valence-corrected chi connectivity index (χ4v) is 7.99. The molecule has 0 radical (unpaired) electrons. The van der Waals surface area contributed by atoms with Gasteiger partial charge in [-0.15, -0.1) is 0 Å². The quantitative estimate of drug-likeness (QED) is 0.261. The summed E-state index contributed by atoms with van der Waals surface area (Å²) in [7, 11) is 1.62. The van der Waals surface area contributed by atoms with Crippen LogP contribution in [0.1, 0.15) is 43.5 Å². The minimum atomic E-state index is -0.570. The Bertz CT molecular complexity index is 2200. The van der Waals surface area contributed by atoms with Crippen LogP contribution in [0, 0.1) is 5.82 Å². The minimum Gasteiger partial charge on any atom is -0.392 e. The smallest absolute Gasteiger partial charge is 0.279 e. The van der Waals surface area contributed by atoms with E-state index in [2.05, 4.69) is 33.9 Å². The van der Waals surface area contributed by atoms with Crippen molar-refractivity contribution < 1.29 is 14.2 Å². The van der Waals surface area contributed by atoms with Gasteiger partial charge in [-0.3, -0.25) is 19.1 Å². The Labute approximate surface area is 289 Å². The molecule has 2 atom stereocenters. The normalized spacial score (nSPS) is 19.8. The third-order valence-corrected chi connectivity index (χ3v) is 10.7. The van der Waals surface area contributed by atoms with E-state index in [0.717, 1.165) is 63.4 Å². The van der Waals surface area contributed by atoms with E-state index in [-0.39, 0.29) is 22.5 Å². The fourth-order valence-electron chi connectivity index (χ4n) is 7.99. The number of hydrogen-bond acceptors (Lipinski definition) is 8. The van der Waals surface area contributed by atoms with Gasteiger partial charge in [-0.1, -0.05) is 0 Å². The highest BCUT2D eigenvalue weighted by Gasteiger charge is 2.36. The van der Waals surface area contributed by atoms with Gasteiger partial charge in [-0.05, 0) is 87.1 Å². The lowest BCUT2D eigenvalue weighted by Gasteiger charge is -2.50. The average molecular weight is 680 g/mol. The van der Waals surface area contributed by atoms with Crippen LogP contribution in [-0.4, -0.2) is 73.0 Å². The summed E-state index contributed by atoms with van der Waals surface area (Å²) in [5.74, 6) is -0.0781. The average Bonchev–Trinajstić information content (AvgIpc) is 3.47. The molecule has 0 amide bonds. The maximum Gasteiger partial charge on any atom is 0.279 e. The lowest BCUT2D eigenvalue weighted by molar-refractivity contribution is -0.0828. The maximum absolute atomic E-state index is 15.4. The molecule has 2 fully saturated rings. The first-order chi connectivity index (χ1) is 24.2. The number of fused-ring (bicyclic) bond motifs is 3. The van der Waals surface area contributed by atoms with Crippen LogP contribution in [0.5, 0.6) is 0 Å². The highest BCUT2D eigenvalue weighted by molar-refractivity contribution is 5.75. The molecule has 1 aromatic carbocycles. The van der Waals surface area contributed by atoms with E-state index in [9.17, 15) is 14.7 Å². The molecule has 260 valence electrons. The van der Waals surface area contributed by atoms with Crippen molar-refractivity contribution in [3.05, 3.63) is 105 Å².